The lowest BCUT2D eigenvalue weighted by molar-refractivity contribution is -0.192. The van der Waals surface area contributed by atoms with E-state index in [4.69, 9.17) is 14.6 Å². The van der Waals surface area contributed by atoms with Gasteiger partial charge in [-0.1, -0.05) is 30.3 Å². The number of hydrogen-bond donors (Lipinski definition) is 2. The summed E-state index contributed by atoms with van der Waals surface area (Å²) < 4.78 is 37.3. The van der Waals surface area contributed by atoms with Gasteiger partial charge in [0.25, 0.3) is 0 Å². The average Bonchev–Trinajstić information content (AvgIpc) is 2.47. The number of Topliss-reactive ketones (excluding diaryl/α,β-unsaturated/α-hetero) is 1. The summed E-state index contributed by atoms with van der Waals surface area (Å²) in [5, 5.41) is 10.3. The minimum Gasteiger partial charge on any atom is -0.475 e. The summed E-state index contributed by atoms with van der Waals surface area (Å²) >= 11 is 0. The molecule has 122 valence electrons. The summed E-state index contributed by atoms with van der Waals surface area (Å²) in [7, 11) is 0. The lowest BCUT2D eigenvalue weighted by Gasteiger charge is -2.21. The van der Waals surface area contributed by atoms with Crippen molar-refractivity contribution in [3.05, 3.63) is 35.9 Å². The molecule has 22 heavy (non-hydrogen) atoms. The number of ketones is 1. The number of piperidine rings is 1. The number of ether oxygens (including phenoxy) is 1. The molecule has 0 aliphatic carbocycles. The van der Waals surface area contributed by atoms with Gasteiger partial charge in [0.2, 0.25) is 0 Å². The largest absolute Gasteiger partial charge is 0.490 e. The number of benzene rings is 1. The van der Waals surface area contributed by atoms with Crippen molar-refractivity contribution in [2.45, 2.75) is 25.3 Å². The number of carbonyl (C=O) groups excluding carboxylic acids is 1. The molecular formula is C14H16F3NO4. The second-order valence-electron chi connectivity index (χ2n) is 4.51. The van der Waals surface area contributed by atoms with Crippen LogP contribution in [0.1, 0.15) is 12.0 Å². The standard InChI is InChI=1S/C12H15NO2.C2HF3O2/c14-11-6-7-13-8-12(11)15-9-10-4-2-1-3-5-10;3-2(4,5)1(6)7/h1-5,12-13H,6-9H2;(H,6,7). The third-order valence-corrected chi connectivity index (χ3v) is 2.77. The number of carbonyl (C=O) groups is 2. The number of carboxylic acid groups (broad SMARTS) is 1. The molecule has 1 aromatic carbocycles. The molecule has 5 nitrogen and oxygen atoms in total. The van der Waals surface area contributed by atoms with E-state index in [1.165, 1.54) is 0 Å². The number of hydrogen-bond acceptors (Lipinski definition) is 4. The van der Waals surface area contributed by atoms with E-state index in [0.717, 1.165) is 12.1 Å². The molecular weight excluding hydrogens is 303 g/mol. The van der Waals surface area contributed by atoms with Crippen molar-refractivity contribution in [2.75, 3.05) is 13.1 Å². The van der Waals surface area contributed by atoms with Crippen molar-refractivity contribution in [3.63, 3.8) is 0 Å². The third-order valence-electron chi connectivity index (χ3n) is 2.77. The highest BCUT2D eigenvalue weighted by Crippen LogP contribution is 2.13. The Hall–Kier alpha value is -1.93. The second-order valence-corrected chi connectivity index (χ2v) is 4.51. The molecule has 2 rings (SSSR count). The predicted octanol–water partition coefficient (Wildman–Crippen LogP) is 1.77. The zero-order valence-electron chi connectivity index (χ0n) is 11.6. The quantitative estimate of drug-likeness (QED) is 0.888. The van der Waals surface area contributed by atoms with Crippen molar-refractivity contribution >= 4 is 11.8 Å². The monoisotopic (exact) mass is 319 g/mol. The summed E-state index contributed by atoms with van der Waals surface area (Å²) in [6.07, 6.45) is -4.77. The van der Waals surface area contributed by atoms with Crippen LogP contribution >= 0.6 is 0 Å². The first-order valence-electron chi connectivity index (χ1n) is 6.49. The summed E-state index contributed by atoms with van der Waals surface area (Å²) in [6.45, 7) is 1.94. The van der Waals surface area contributed by atoms with Crippen molar-refractivity contribution in [1.82, 2.24) is 5.32 Å². The molecule has 0 radical (unpaired) electrons. The molecule has 8 heteroatoms. The third kappa shape index (κ3) is 6.68. The minimum atomic E-state index is -5.08. The molecule has 1 atom stereocenters. The van der Waals surface area contributed by atoms with Crippen LogP contribution in [0, 0.1) is 0 Å². The fourth-order valence-corrected chi connectivity index (χ4v) is 1.64. The van der Waals surface area contributed by atoms with Gasteiger partial charge < -0.3 is 15.2 Å². The van der Waals surface area contributed by atoms with Gasteiger partial charge in [-0.3, -0.25) is 4.79 Å². The maximum Gasteiger partial charge on any atom is 0.490 e. The number of alkyl halides is 3. The molecule has 0 amide bonds. The molecule has 1 aromatic rings. The number of carboxylic acids is 1. The average molecular weight is 319 g/mol. The smallest absolute Gasteiger partial charge is 0.475 e. The van der Waals surface area contributed by atoms with E-state index < -0.39 is 12.1 Å². The van der Waals surface area contributed by atoms with Gasteiger partial charge in [-0.25, -0.2) is 4.79 Å². The van der Waals surface area contributed by atoms with Crippen LogP contribution in [0.3, 0.4) is 0 Å². The Morgan fingerprint density at radius 1 is 1.32 bits per heavy atom. The van der Waals surface area contributed by atoms with Crippen molar-refractivity contribution in [3.8, 4) is 0 Å². The molecule has 0 saturated carbocycles. The van der Waals surface area contributed by atoms with Crippen LogP contribution in [0.5, 0.6) is 0 Å². The van der Waals surface area contributed by atoms with Crippen LogP contribution in [0.25, 0.3) is 0 Å². The van der Waals surface area contributed by atoms with Crippen molar-refractivity contribution in [2.24, 2.45) is 0 Å². The molecule has 1 unspecified atom stereocenters. The van der Waals surface area contributed by atoms with E-state index in [1.54, 1.807) is 0 Å². The number of rotatable bonds is 3. The molecule has 0 spiro atoms. The zero-order chi connectivity index (χ0) is 16.6. The highest BCUT2D eigenvalue weighted by atomic mass is 19.4. The van der Waals surface area contributed by atoms with Crippen LogP contribution < -0.4 is 5.32 Å². The van der Waals surface area contributed by atoms with E-state index in [-0.39, 0.29) is 11.9 Å². The Balaban J connectivity index is 0.000000295. The maximum absolute atomic E-state index is 11.5. The number of aliphatic carboxylic acids is 1. The molecule has 0 bridgehead atoms. The SMILES string of the molecule is O=C(O)C(F)(F)F.O=C1CCNCC1OCc1ccccc1. The van der Waals surface area contributed by atoms with Gasteiger partial charge in [0.1, 0.15) is 6.10 Å². The van der Waals surface area contributed by atoms with Gasteiger partial charge in [-0.05, 0) is 5.56 Å². The number of nitrogens with one attached hydrogen (secondary N) is 1. The van der Waals surface area contributed by atoms with Gasteiger partial charge in [0.15, 0.2) is 5.78 Å². The molecule has 1 fully saturated rings. The first-order chi connectivity index (χ1) is 10.3. The van der Waals surface area contributed by atoms with Gasteiger partial charge in [-0.15, -0.1) is 0 Å². The summed E-state index contributed by atoms with van der Waals surface area (Å²) in [6, 6.07) is 9.91. The lowest BCUT2D eigenvalue weighted by atomic mass is 10.1. The Morgan fingerprint density at radius 3 is 2.41 bits per heavy atom. The van der Waals surface area contributed by atoms with E-state index in [9.17, 15) is 18.0 Å². The first kappa shape index (κ1) is 18.1. The summed E-state index contributed by atoms with van der Waals surface area (Å²) in [5.41, 5.74) is 1.11. The topological polar surface area (TPSA) is 75.6 Å². The van der Waals surface area contributed by atoms with E-state index in [0.29, 0.717) is 19.6 Å². The zero-order valence-corrected chi connectivity index (χ0v) is 11.6. The van der Waals surface area contributed by atoms with Gasteiger partial charge in [0, 0.05) is 19.5 Å². The van der Waals surface area contributed by atoms with E-state index >= 15 is 0 Å². The molecule has 1 heterocycles. The van der Waals surface area contributed by atoms with Crippen LogP contribution in [-0.2, 0) is 20.9 Å². The molecule has 2 N–H and O–H groups in total. The van der Waals surface area contributed by atoms with Crippen LogP contribution in [-0.4, -0.2) is 42.2 Å². The van der Waals surface area contributed by atoms with Crippen LogP contribution in [0.2, 0.25) is 0 Å². The Labute approximate surface area is 125 Å². The maximum atomic E-state index is 11.5. The Kier molecular flexibility index (Phi) is 7.00. The fourth-order valence-electron chi connectivity index (χ4n) is 1.64. The minimum absolute atomic E-state index is 0.213. The molecule has 1 aliphatic rings. The number of halogens is 3. The predicted molar refractivity (Wildman–Crippen MR) is 71.2 cm³/mol. The highest BCUT2D eigenvalue weighted by molar-refractivity contribution is 5.84. The summed E-state index contributed by atoms with van der Waals surface area (Å²) in [5.74, 6) is -2.54. The van der Waals surface area contributed by atoms with E-state index in [2.05, 4.69) is 5.32 Å². The van der Waals surface area contributed by atoms with Gasteiger partial charge in [-0.2, -0.15) is 13.2 Å². The van der Waals surface area contributed by atoms with Crippen molar-refractivity contribution in [1.29, 1.82) is 0 Å². The van der Waals surface area contributed by atoms with Crippen LogP contribution in [0.4, 0.5) is 13.2 Å². The second kappa shape index (κ2) is 8.50. The van der Waals surface area contributed by atoms with E-state index in [1.807, 2.05) is 30.3 Å². The normalized spacial score (nSPS) is 18.3. The van der Waals surface area contributed by atoms with Gasteiger partial charge >= 0.3 is 12.1 Å². The molecule has 1 saturated heterocycles. The fraction of sp³-hybridized carbons (Fsp3) is 0.429. The van der Waals surface area contributed by atoms with Crippen LogP contribution in [0.15, 0.2) is 30.3 Å². The molecule has 1 aliphatic heterocycles. The Morgan fingerprint density at radius 2 is 1.91 bits per heavy atom. The lowest BCUT2D eigenvalue weighted by Crippen LogP contribution is -2.42. The van der Waals surface area contributed by atoms with Gasteiger partial charge in [0.05, 0.1) is 6.61 Å². The van der Waals surface area contributed by atoms with Crippen molar-refractivity contribution < 1.29 is 32.6 Å². The first-order valence-corrected chi connectivity index (χ1v) is 6.49. The summed E-state index contributed by atoms with van der Waals surface area (Å²) in [4.78, 5) is 20.3. The highest BCUT2D eigenvalue weighted by Gasteiger charge is 2.38. The molecule has 0 aromatic heterocycles. The Bertz CT molecular complexity index is 491.